The van der Waals surface area contributed by atoms with Crippen molar-refractivity contribution in [3.05, 3.63) is 125 Å². The number of benzene rings is 3. The molecule has 9 nitrogen and oxygen atoms in total. The van der Waals surface area contributed by atoms with Crippen molar-refractivity contribution in [3.8, 4) is 5.69 Å². The van der Waals surface area contributed by atoms with Crippen LogP contribution in [0, 0.1) is 0 Å². The predicted octanol–water partition coefficient (Wildman–Crippen LogP) is 4.92. The number of likely N-dealkylation sites (N-methyl/N-ethyl adjacent to an activating group) is 2. The molecule has 12 heteroatoms. The zero-order valence-electron chi connectivity index (χ0n) is 26.2. The van der Waals surface area contributed by atoms with Gasteiger partial charge in [0.05, 0.1) is 17.4 Å². The van der Waals surface area contributed by atoms with Crippen molar-refractivity contribution in [3.63, 3.8) is 0 Å². The highest BCUT2D eigenvalue weighted by molar-refractivity contribution is 6.05. The van der Waals surface area contributed by atoms with Crippen molar-refractivity contribution in [2.45, 2.75) is 31.6 Å². The van der Waals surface area contributed by atoms with Gasteiger partial charge in [-0.1, -0.05) is 54.6 Å². The Balaban J connectivity index is 1.52. The maximum atomic E-state index is 14.2. The molecule has 0 unspecified atom stereocenters. The van der Waals surface area contributed by atoms with Gasteiger partial charge >= 0.3 is 6.18 Å². The van der Waals surface area contributed by atoms with E-state index in [1.807, 2.05) is 61.5 Å². The Labute approximate surface area is 270 Å². The first kappa shape index (κ1) is 33.1. The number of amides is 3. The Morgan fingerprint density at radius 1 is 1.00 bits per heavy atom. The van der Waals surface area contributed by atoms with Crippen LogP contribution in [-0.4, -0.2) is 65.6 Å². The lowest BCUT2D eigenvalue weighted by Crippen LogP contribution is -2.55. The topological polar surface area (TPSA) is 99.6 Å². The number of hydrogen-bond donors (Lipinski definition) is 2. The molecule has 5 rings (SSSR count). The fraction of sp³-hybridized carbons (Fsp3) is 0.257. The SMILES string of the molecule is CCN1C(=O)[C@@H](NC(=O)c2cccc(C(F)(F)F)c2)[C@H](c2cccc(CNC/C=C/C(=O)N(C)C)c2)c2cnn(-c3ccccc3)c21. The summed E-state index contributed by atoms with van der Waals surface area (Å²) in [5.74, 6) is -1.49. The minimum Gasteiger partial charge on any atom is -0.345 e. The molecule has 3 amide bonds. The maximum absolute atomic E-state index is 14.2. The third-order valence-electron chi connectivity index (χ3n) is 7.89. The Kier molecular flexibility index (Phi) is 9.90. The number of nitrogens with zero attached hydrogens (tertiary/aromatic N) is 4. The normalized spacial score (nSPS) is 16.3. The molecule has 244 valence electrons. The van der Waals surface area contributed by atoms with E-state index in [1.54, 1.807) is 31.1 Å². The zero-order valence-corrected chi connectivity index (χ0v) is 26.2. The molecule has 2 heterocycles. The van der Waals surface area contributed by atoms with Gasteiger partial charge in [-0.25, -0.2) is 4.68 Å². The van der Waals surface area contributed by atoms with Gasteiger partial charge in [0.25, 0.3) is 11.8 Å². The predicted molar refractivity (Wildman–Crippen MR) is 172 cm³/mol. The average Bonchev–Trinajstić information content (AvgIpc) is 3.49. The smallest absolute Gasteiger partial charge is 0.345 e. The molecule has 47 heavy (non-hydrogen) atoms. The first-order valence-corrected chi connectivity index (χ1v) is 15.1. The largest absolute Gasteiger partial charge is 0.416 e. The van der Waals surface area contributed by atoms with Crippen molar-refractivity contribution < 1.29 is 27.6 Å². The summed E-state index contributed by atoms with van der Waals surface area (Å²) in [5.41, 5.74) is 1.86. The fourth-order valence-electron chi connectivity index (χ4n) is 5.59. The summed E-state index contributed by atoms with van der Waals surface area (Å²) < 4.78 is 42.0. The number of hydrogen-bond acceptors (Lipinski definition) is 5. The van der Waals surface area contributed by atoms with Crippen molar-refractivity contribution in [1.29, 1.82) is 0 Å². The molecule has 2 N–H and O–H groups in total. The molecule has 1 aliphatic heterocycles. The van der Waals surface area contributed by atoms with E-state index < -0.39 is 35.5 Å². The highest BCUT2D eigenvalue weighted by Crippen LogP contribution is 2.41. The second-order valence-corrected chi connectivity index (χ2v) is 11.3. The van der Waals surface area contributed by atoms with Gasteiger partial charge in [-0.3, -0.25) is 19.3 Å². The summed E-state index contributed by atoms with van der Waals surface area (Å²) in [6.45, 7) is 2.97. The fourth-order valence-corrected chi connectivity index (χ4v) is 5.59. The Bertz CT molecular complexity index is 1780. The van der Waals surface area contributed by atoms with E-state index in [0.29, 0.717) is 24.5 Å². The lowest BCUT2D eigenvalue weighted by Gasteiger charge is -2.38. The molecule has 0 bridgehead atoms. The van der Waals surface area contributed by atoms with Gasteiger partial charge in [-0.15, -0.1) is 0 Å². The number of aromatic nitrogens is 2. The molecule has 0 aliphatic carbocycles. The van der Waals surface area contributed by atoms with Crippen molar-refractivity contribution in [1.82, 2.24) is 25.3 Å². The first-order valence-electron chi connectivity index (χ1n) is 15.1. The summed E-state index contributed by atoms with van der Waals surface area (Å²) in [4.78, 5) is 42.6. The van der Waals surface area contributed by atoms with Crippen LogP contribution in [0.5, 0.6) is 0 Å². The summed E-state index contributed by atoms with van der Waals surface area (Å²) in [6, 6.07) is 19.9. The molecule has 1 aliphatic rings. The number of carbonyl (C=O) groups is 3. The standard InChI is InChI=1S/C35H35F3N6O3/c1-4-43-33-28(22-40-44(33)27-15-6-5-7-16-27)30(24-12-8-11-23(19-24)21-39-18-10-17-29(45)42(2)3)31(34(43)47)41-32(46)25-13-9-14-26(20-25)35(36,37)38/h5-17,19-20,22,30-31,39H,4,18,21H2,1-3H3,(H,41,46)/b17-10+/t30-,31+/m1/s1. The minimum atomic E-state index is -4.63. The van der Waals surface area contributed by atoms with Gasteiger partial charge in [-0.2, -0.15) is 18.3 Å². The number of para-hydroxylation sites is 1. The minimum absolute atomic E-state index is 0.123. The van der Waals surface area contributed by atoms with Gasteiger partial charge in [-0.05, 0) is 48.4 Å². The average molecular weight is 645 g/mol. The second kappa shape index (κ2) is 14.0. The van der Waals surface area contributed by atoms with E-state index in [-0.39, 0.29) is 18.0 Å². The molecule has 0 fully saturated rings. The number of rotatable bonds is 10. The van der Waals surface area contributed by atoms with E-state index in [2.05, 4.69) is 15.7 Å². The van der Waals surface area contributed by atoms with Crippen LogP contribution in [0.2, 0.25) is 0 Å². The number of fused-ring (bicyclic) bond motifs is 1. The van der Waals surface area contributed by atoms with Crippen LogP contribution in [0.4, 0.5) is 19.0 Å². The number of halogens is 3. The molecule has 1 aromatic heterocycles. The van der Waals surface area contributed by atoms with Gasteiger partial charge in [0.1, 0.15) is 11.9 Å². The third-order valence-corrected chi connectivity index (χ3v) is 7.89. The second-order valence-electron chi connectivity index (χ2n) is 11.3. The van der Waals surface area contributed by atoms with Crippen LogP contribution in [0.1, 0.15) is 45.5 Å². The zero-order chi connectivity index (χ0) is 33.7. The van der Waals surface area contributed by atoms with Gasteiger partial charge < -0.3 is 15.5 Å². The van der Waals surface area contributed by atoms with E-state index in [4.69, 9.17) is 0 Å². The van der Waals surface area contributed by atoms with E-state index >= 15 is 0 Å². The Morgan fingerprint density at radius 3 is 2.45 bits per heavy atom. The van der Waals surface area contributed by atoms with Crippen molar-refractivity contribution in [2.24, 2.45) is 0 Å². The molecule has 0 radical (unpaired) electrons. The molecule has 4 aromatic rings. The van der Waals surface area contributed by atoms with Crippen LogP contribution in [0.3, 0.4) is 0 Å². The van der Waals surface area contributed by atoms with Gasteiger partial charge in [0.2, 0.25) is 5.91 Å². The van der Waals surface area contributed by atoms with Crippen LogP contribution in [0.15, 0.2) is 97.2 Å². The highest BCUT2D eigenvalue weighted by atomic mass is 19.4. The molecule has 0 spiro atoms. The summed E-state index contributed by atoms with van der Waals surface area (Å²) in [7, 11) is 3.34. The van der Waals surface area contributed by atoms with E-state index in [1.165, 1.54) is 28.0 Å². The maximum Gasteiger partial charge on any atom is 0.416 e. The van der Waals surface area contributed by atoms with Crippen LogP contribution < -0.4 is 15.5 Å². The van der Waals surface area contributed by atoms with Gasteiger partial charge in [0, 0.05) is 56.9 Å². The molecular weight excluding hydrogens is 609 g/mol. The molecule has 0 saturated heterocycles. The van der Waals surface area contributed by atoms with Crippen molar-refractivity contribution in [2.75, 3.05) is 32.1 Å². The van der Waals surface area contributed by atoms with E-state index in [0.717, 1.165) is 28.9 Å². The first-order chi connectivity index (χ1) is 22.5. The monoisotopic (exact) mass is 644 g/mol. The number of alkyl halides is 3. The number of carbonyl (C=O) groups excluding carboxylic acids is 3. The molecular formula is C35H35F3N6O3. The highest BCUT2D eigenvalue weighted by Gasteiger charge is 2.44. The summed E-state index contributed by atoms with van der Waals surface area (Å²) in [5, 5.41) is 10.7. The summed E-state index contributed by atoms with van der Waals surface area (Å²) in [6.07, 6.45) is 0.254. The Morgan fingerprint density at radius 2 is 1.74 bits per heavy atom. The lowest BCUT2D eigenvalue weighted by molar-refractivity contribution is -0.137. The quantitative estimate of drug-likeness (QED) is 0.189. The lowest BCUT2D eigenvalue weighted by atomic mass is 9.81. The molecule has 3 aromatic carbocycles. The molecule has 0 saturated carbocycles. The van der Waals surface area contributed by atoms with Crippen LogP contribution in [-0.2, 0) is 22.3 Å². The third kappa shape index (κ3) is 7.28. The van der Waals surface area contributed by atoms with Crippen LogP contribution in [0.25, 0.3) is 5.69 Å². The van der Waals surface area contributed by atoms with Gasteiger partial charge in [0.15, 0.2) is 0 Å². The number of nitrogens with one attached hydrogen (secondary N) is 2. The number of anilines is 1. The molecule has 2 atom stereocenters. The van der Waals surface area contributed by atoms with E-state index in [9.17, 15) is 27.6 Å². The van der Waals surface area contributed by atoms with Crippen LogP contribution >= 0.6 is 0 Å². The summed E-state index contributed by atoms with van der Waals surface area (Å²) >= 11 is 0. The van der Waals surface area contributed by atoms with Crippen molar-refractivity contribution >= 4 is 23.5 Å². The Hall–Kier alpha value is -5.23.